The van der Waals surface area contributed by atoms with E-state index in [-0.39, 0.29) is 23.0 Å². The molecule has 0 spiro atoms. The third kappa shape index (κ3) is 3.82. The van der Waals surface area contributed by atoms with Crippen LogP contribution >= 0.6 is 15.9 Å². The van der Waals surface area contributed by atoms with Gasteiger partial charge in [0, 0.05) is 24.1 Å². The van der Waals surface area contributed by atoms with Crippen LogP contribution in [-0.2, 0) is 16.6 Å². The molecule has 3 aromatic rings. The highest BCUT2D eigenvalue weighted by atomic mass is 79.9. The number of hydrogen-bond acceptors (Lipinski definition) is 5. The topological polar surface area (TPSA) is 92.5 Å². The second-order valence-electron chi connectivity index (χ2n) is 6.64. The summed E-state index contributed by atoms with van der Waals surface area (Å²) in [6.07, 6.45) is 1.92. The Bertz CT molecular complexity index is 1140. The second-order valence-corrected chi connectivity index (χ2v) is 9.33. The number of nitrogens with one attached hydrogen (secondary N) is 1. The van der Waals surface area contributed by atoms with Crippen LogP contribution in [0.15, 0.2) is 56.4 Å². The van der Waals surface area contributed by atoms with E-state index in [1.807, 2.05) is 24.3 Å². The van der Waals surface area contributed by atoms with Crippen LogP contribution in [0.3, 0.4) is 0 Å². The smallest absolute Gasteiger partial charge is 0.276 e. The third-order valence-corrected chi connectivity index (χ3v) is 6.60. The standard InChI is InChI=1S/C19H18BrN3O4S/c20-14-5-3-4-13(10-14)12-21-28(25,26)15-6-7-17-16(11-15)18(22-27-17)19(24)23-8-1-2-9-23/h3-7,10-11,21H,1-2,8-9,12H2. The Balaban J connectivity index is 1.61. The third-order valence-electron chi connectivity index (χ3n) is 4.70. The minimum Gasteiger partial charge on any atom is -0.355 e. The number of hydrogen-bond donors (Lipinski definition) is 1. The van der Waals surface area contributed by atoms with Gasteiger partial charge in [0.25, 0.3) is 5.91 Å². The number of carbonyl (C=O) groups is 1. The Labute approximate surface area is 170 Å². The maximum absolute atomic E-state index is 12.7. The van der Waals surface area contributed by atoms with Gasteiger partial charge in [-0.15, -0.1) is 0 Å². The van der Waals surface area contributed by atoms with Crippen molar-refractivity contribution in [3.8, 4) is 0 Å². The number of benzene rings is 2. The fraction of sp³-hybridized carbons (Fsp3) is 0.263. The van der Waals surface area contributed by atoms with E-state index in [0.717, 1.165) is 22.9 Å². The molecular formula is C19H18BrN3O4S. The average Bonchev–Trinajstić information content (AvgIpc) is 3.35. The minimum absolute atomic E-state index is 0.0636. The molecule has 4 rings (SSSR count). The monoisotopic (exact) mass is 463 g/mol. The second kappa shape index (κ2) is 7.65. The summed E-state index contributed by atoms with van der Waals surface area (Å²) in [5, 5.41) is 4.28. The lowest BCUT2D eigenvalue weighted by atomic mass is 10.2. The largest absolute Gasteiger partial charge is 0.355 e. The van der Waals surface area contributed by atoms with Gasteiger partial charge in [-0.1, -0.05) is 33.2 Å². The van der Waals surface area contributed by atoms with Crippen LogP contribution in [-0.4, -0.2) is 37.5 Å². The van der Waals surface area contributed by atoms with Crippen LogP contribution < -0.4 is 4.72 Å². The molecule has 2 heterocycles. The van der Waals surface area contributed by atoms with Crippen molar-refractivity contribution in [2.45, 2.75) is 24.3 Å². The van der Waals surface area contributed by atoms with Crippen molar-refractivity contribution in [1.29, 1.82) is 0 Å². The highest BCUT2D eigenvalue weighted by Crippen LogP contribution is 2.25. The molecule has 0 saturated carbocycles. The predicted octanol–water partition coefficient (Wildman–Crippen LogP) is 3.30. The van der Waals surface area contributed by atoms with Crippen molar-refractivity contribution in [2.75, 3.05) is 13.1 Å². The Morgan fingerprint density at radius 2 is 1.96 bits per heavy atom. The lowest BCUT2D eigenvalue weighted by Gasteiger charge is -2.13. The van der Waals surface area contributed by atoms with Gasteiger partial charge in [-0.25, -0.2) is 13.1 Å². The number of amides is 1. The van der Waals surface area contributed by atoms with Crippen LogP contribution in [0.1, 0.15) is 28.9 Å². The fourth-order valence-electron chi connectivity index (χ4n) is 3.22. The van der Waals surface area contributed by atoms with E-state index in [4.69, 9.17) is 4.52 Å². The average molecular weight is 464 g/mol. The number of rotatable bonds is 5. The minimum atomic E-state index is -3.76. The van der Waals surface area contributed by atoms with Gasteiger partial charge in [0.15, 0.2) is 11.3 Å². The van der Waals surface area contributed by atoms with Crippen LogP contribution in [0.5, 0.6) is 0 Å². The predicted molar refractivity (Wildman–Crippen MR) is 107 cm³/mol. The van der Waals surface area contributed by atoms with Crippen molar-refractivity contribution in [2.24, 2.45) is 0 Å². The molecule has 1 fully saturated rings. The summed E-state index contributed by atoms with van der Waals surface area (Å²) in [5.41, 5.74) is 1.36. The van der Waals surface area contributed by atoms with Gasteiger partial charge in [-0.3, -0.25) is 4.79 Å². The van der Waals surface area contributed by atoms with Crippen molar-refractivity contribution >= 4 is 42.8 Å². The van der Waals surface area contributed by atoms with E-state index >= 15 is 0 Å². The summed E-state index contributed by atoms with van der Waals surface area (Å²) in [7, 11) is -3.76. The zero-order chi connectivity index (χ0) is 19.7. The van der Waals surface area contributed by atoms with Gasteiger partial charge in [0.2, 0.25) is 10.0 Å². The molecular weight excluding hydrogens is 446 g/mol. The van der Waals surface area contributed by atoms with E-state index < -0.39 is 10.0 Å². The molecule has 0 bridgehead atoms. The number of carbonyl (C=O) groups excluding carboxylic acids is 1. The summed E-state index contributed by atoms with van der Waals surface area (Å²) in [6.45, 7) is 1.52. The zero-order valence-corrected chi connectivity index (χ0v) is 17.3. The van der Waals surface area contributed by atoms with Gasteiger partial charge in [0.05, 0.1) is 10.3 Å². The first-order valence-corrected chi connectivity index (χ1v) is 11.1. The first-order chi connectivity index (χ1) is 13.4. The molecule has 1 saturated heterocycles. The number of fused-ring (bicyclic) bond motifs is 1. The zero-order valence-electron chi connectivity index (χ0n) is 14.9. The molecule has 2 aromatic carbocycles. The van der Waals surface area contributed by atoms with Crippen molar-refractivity contribution in [1.82, 2.24) is 14.8 Å². The fourth-order valence-corrected chi connectivity index (χ4v) is 4.71. The molecule has 1 aliphatic heterocycles. The van der Waals surface area contributed by atoms with E-state index in [0.29, 0.717) is 24.1 Å². The molecule has 1 N–H and O–H groups in total. The molecule has 9 heteroatoms. The Morgan fingerprint density at radius 1 is 1.18 bits per heavy atom. The van der Waals surface area contributed by atoms with Gasteiger partial charge < -0.3 is 9.42 Å². The van der Waals surface area contributed by atoms with Gasteiger partial charge in [0.1, 0.15) is 0 Å². The number of sulfonamides is 1. The normalized spacial score (nSPS) is 14.7. The molecule has 0 aliphatic carbocycles. The number of halogens is 1. The molecule has 0 atom stereocenters. The van der Waals surface area contributed by atoms with E-state index in [1.165, 1.54) is 18.2 Å². The molecule has 146 valence electrons. The first-order valence-electron chi connectivity index (χ1n) is 8.87. The lowest BCUT2D eigenvalue weighted by molar-refractivity contribution is 0.0784. The van der Waals surface area contributed by atoms with Crippen molar-refractivity contribution < 1.29 is 17.7 Å². The summed E-state index contributed by atoms with van der Waals surface area (Å²) in [6, 6.07) is 11.8. The summed E-state index contributed by atoms with van der Waals surface area (Å²) < 4.78 is 34.1. The highest BCUT2D eigenvalue weighted by Gasteiger charge is 2.26. The number of likely N-dealkylation sites (tertiary alicyclic amines) is 1. The SMILES string of the molecule is O=C(c1noc2ccc(S(=O)(=O)NCc3cccc(Br)c3)cc12)N1CCCC1. The van der Waals surface area contributed by atoms with Crippen LogP contribution in [0.25, 0.3) is 11.0 Å². The molecule has 1 aliphatic rings. The quantitative estimate of drug-likeness (QED) is 0.626. The van der Waals surface area contributed by atoms with E-state index in [1.54, 1.807) is 4.90 Å². The summed E-state index contributed by atoms with van der Waals surface area (Å²) in [5.74, 6) is -0.229. The summed E-state index contributed by atoms with van der Waals surface area (Å²) >= 11 is 3.37. The van der Waals surface area contributed by atoms with Gasteiger partial charge in [-0.05, 0) is 48.7 Å². The van der Waals surface area contributed by atoms with E-state index in [9.17, 15) is 13.2 Å². The molecule has 1 aromatic heterocycles. The Morgan fingerprint density at radius 3 is 2.71 bits per heavy atom. The number of nitrogens with zero attached hydrogens (tertiary/aromatic N) is 2. The van der Waals surface area contributed by atoms with Crippen molar-refractivity contribution in [3.63, 3.8) is 0 Å². The first kappa shape index (κ1) is 19.1. The Kier molecular flexibility index (Phi) is 5.22. The van der Waals surface area contributed by atoms with Crippen LogP contribution in [0.4, 0.5) is 0 Å². The molecule has 0 unspecified atom stereocenters. The molecule has 0 radical (unpaired) electrons. The van der Waals surface area contributed by atoms with Gasteiger partial charge >= 0.3 is 0 Å². The molecule has 28 heavy (non-hydrogen) atoms. The van der Waals surface area contributed by atoms with Crippen LogP contribution in [0.2, 0.25) is 0 Å². The maximum Gasteiger partial charge on any atom is 0.276 e. The highest BCUT2D eigenvalue weighted by molar-refractivity contribution is 9.10. The number of aromatic nitrogens is 1. The van der Waals surface area contributed by atoms with Crippen LogP contribution in [0, 0.1) is 0 Å². The maximum atomic E-state index is 12.7. The van der Waals surface area contributed by atoms with Gasteiger partial charge in [-0.2, -0.15) is 0 Å². The summed E-state index contributed by atoms with van der Waals surface area (Å²) in [4.78, 5) is 14.4. The lowest BCUT2D eigenvalue weighted by Crippen LogP contribution is -2.28. The molecule has 1 amide bonds. The molecule has 7 nitrogen and oxygen atoms in total. The Hall–Kier alpha value is -2.23. The van der Waals surface area contributed by atoms with Crippen molar-refractivity contribution in [3.05, 3.63) is 58.2 Å². The van der Waals surface area contributed by atoms with E-state index in [2.05, 4.69) is 25.8 Å².